The number of hydrogen-bond acceptors (Lipinski definition) is 6. The minimum atomic E-state index is -0.161. The minimum absolute atomic E-state index is 0.0955. The van der Waals surface area contributed by atoms with E-state index in [1.165, 1.54) is 12.8 Å². The lowest BCUT2D eigenvalue weighted by Crippen LogP contribution is -2.40. The molecule has 0 bridgehead atoms. The summed E-state index contributed by atoms with van der Waals surface area (Å²) in [7, 11) is 0. The SMILES string of the molecule is NC1=CC(NC2C=C(NC(=O)/C=C/CN3CCCC3)C=CC2)N=CN1. The van der Waals surface area contributed by atoms with Crippen molar-refractivity contribution in [1.82, 2.24) is 20.9 Å². The summed E-state index contributed by atoms with van der Waals surface area (Å²) in [5.74, 6) is 0.485. The van der Waals surface area contributed by atoms with E-state index < -0.39 is 0 Å². The third kappa shape index (κ3) is 5.58. The molecule has 2 unspecified atom stereocenters. The second kappa shape index (κ2) is 8.64. The Bertz CT molecular complexity index is 627. The fraction of sp³-hybridized carbons (Fsp3) is 0.444. The van der Waals surface area contributed by atoms with Gasteiger partial charge in [-0.05, 0) is 50.6 Å². The highest BCUT2D eigenvalue weighted by molar-refractivity contribution is 5.89. The largest absolute Gasteiger partial charge is 0.385 e. The van der Waals surface area contributed by atoms with Gasteiger partial charge in [0.2, 0.25) is 5.91 Å². The average molecular weight is 342 g/mol. The summed E-state index contributed by atoms with van der Waals surface area (Å²) in [5, 5.41) is 9.13. The van der Waals surface area contributed by atoms with Crippen molar-refractivity contribution in [1.29, 1.82) is 0 Å². The molecule has 2 aliphatic heterocycles. The van der Waals surface area contributed by atoms with E-state index in [0.717, 1.165) is 31.8 Å². The van der Waals surface area contributed by atoms with Crippen molar-refractivity contribution in [3.63, 3.8) is 0 Å². The Balaban J connectivity index is 1.47. The molecular weight excluding hydrogens is 316 g/mol. The quantitative estimate of drug-likeness (QED) is 0.521. The van der Waals surface area contributed by atoms with Crippen molar-refractivity contribution < 1.29 is 4.79 Å². The zero-order chi connectivity index (χ0) is 17.5. The third-order valence-corrected chi connectivity index (χ3v) is 4.36. The lowest BCUT2D eigenvalue weighted by atomic mass is 10.1. The number of nitrogens with zero attached hydrogens (tertiary/aromatic N) is 2. The first-order chi connectivity index (χ1) is 12.2. The standard InChI is InChI=1S/C18H26N6O/c19-16-12-17(21-13-20-16)22-14-5-3-6-15(11-14)23-18(25)7-4-10-24-8-1-2-9-24/h3-4,6-7,11-14,17,22H,1-2,5,8-10,19H2,(H,20,21)(H,23,25)/b7-4+. The predicted molar refractivity (Wildman–Crippen MR) is 99.4 cm³/mol. The second-order valence-corrected chi connectivity index (χ2v) is 6.42. The van der Waals surface area contributed by atoms with Gasteiger partial charge in [0.25, 0.3) is 0 Å². The number of nitrogens with two attached hydrogens (primary N) is 1. The molecular formula is C18H26N6O. The van der Waals surface area contributed by atoms with Gasteiger partial charge in [-0.2, -0.15) is 0 Å². The number of rotatable bonds is 6. The number of carbonyl (C=O) groups is 1. The first-order valence-corrected chi connectivity index (χ1v) is 8.79. The monoisotopic (exact) mass is 342 g/mol. The van der Waals surface area contributed by atoms with Gasteiger partial charge in [0.15, 0.2) is 0 Å². The van der Waals surface area contributed by atoms with Gasteiger partial charge in [-0.15, -0.1) is 0 Å². The molecule has 3 rings (SSSR count). The van der Waals surface area contributed by atoms with E-state index in [4.69, 9.17) is 5.73 Å². The Morgan fingerprint density at radius 2 is 2.24 bits per heavy atom. The highest BCUT2D eigenvalue weighted by Crippen LogP contribution is 2.11. The maximum Gasteiger partial charge on any atom is 0.248 e. The Hall–Kier alpha value is -2.38. The van der Waals surface area contributed by atoms with Crippen molar-refractivity contribution in [3.8, 4) is 0 Å². The zero-order valence-electron chi connectivity index (χ0n) is 14.3. The van der Waals surface area contributed by atoms with Crippen molar-refractivity contribution in [2.45, 2.75) is 31.5 Å². The molecule has 0 aromatic rings. The number of carbonyl (C=O) groups excluding carboxylic acids is 1. The van der Waals surface area contributed by atoms with Crippen LogP contribution in [0.15, 0.2) is 53.0 Å². The number of hydrogen-bond donors (Lipinski definition) is 4. The normalized spacial score (nSPS) is 26.4. The van der Waals surface area contributed by atoms with Gasteiger partial charge < -0.3 is 16.4 Å². The van der Waals surface area contributed by atoms with E-state index in [0.29, 0.717) is 5.82 Å². The fourth-order valence-corrected chi connectivity index (χ4v) is 3.10. The summed E-state index contributed by atoms with van der Waals surface area (Å²) < 4.78 is 0. The van der Waals surface area contributed by atoms with Gasteiger partial charge in [-0.25, -0.2) is 0 Å². The van der Waals surface area contributed by atoms with E-state index in [9.17, 15) is 4.79 Å². The summed E-state index contributed by atoms with van der Waals surface area (Å²) in [6.45, 7) is 3.10. The third-order valence-electron chi connectivity index (χ3n) is 4.36. The summed E-state index contributed by atoms with van der Waals surface area (Å²) in [4.78, 5) is 18.7. The molecule has 0 aromatic carbocycles. The number of likely N-dealkylation sites (tertiary alicyclic amines) is 1. The van der Waals surface area contributed by atoms with Crippen LogP contribution < -0.4 is 21.7 Å². The van der Waals surface area contributed by atoms with Crippen molar-refractivity contribution >= 4 is 12.2 Å². The van der Waals surface area contributed by atoms with E-state index >= 15 is 0 Å². The summed E-state index contributed by atoms with van der Waals surface area (Å²) in [6.07, 6.45) is 16.1. The smallest absolute Gasteiger partial charge is 0.248 e. The molecule has 1 aliphatic carbocycles. The molecule has 1 saturated heterocycles. The van der Waals surface area contributed by atoms with Crippen molar-refractivity contribution in [2.75, 3.05) is 19.6 Å². The summed E-state index contributed by atoms with van der Waals surface area (Å²) in [6, 6.07) is 0.0955. The molecule has 0 radical (unpaired) electrons. The van der Waals surface area contributed by atoms with E-state index in [2.05, 4.69) is 25.8 Å². The molecule has 2 atom stereocenters. The van der Waals surface area contributed by atoms with Crippen molar-refractivity contribution in [3.05, 3.63) is 48.0 Å². The molecule has 0 spiro atoms. The van der Waals surface area contributed by atoms with E-state index in [-0.39, 0.29) is 18.1 Å². The number of allylic oxidation sites excluding steroid dienone is 1. The number of amides is 1. The van der Waals surface area contributed by atoms with Gasteiger partial charge in [0.05, 0.1) is 6.34 Å². The molecule has 134 valence electrons. The summed E-state index contributed by atoms with van der Waals surface area (Å²) >= 11 is 0. The molecule has 1 amide bonds. The molecule has 1 fully saturated rings. The van der Waals surface area contributed by atoms with Crippen LogP contribution in [0, 0.1) is 0 Å². The molecule has 3 aliphatic rings. The molecule has 5 N–H and O–H groups in total. The van der Waals surface area contributed by atoms with Crippen LogP contribution >= 0.6 is 0 Å². The number of aliphatic imine (C=N–C) groups is 1. The highest BCUT2D eigenvalue weighted by Gasteiger charge is 2.15. The van der Waals surface area contributed by atoms with Crippen molar-refractivity contribution in [2.24, 2.45) is 10.7 Å². The first kappa shape index (κ1) is 17.4. The molecule has 2 heterocycles. The Morgan fingerprint density at radius 1 is 1.40 bits per heavy atom. The predicted octanol–water partition coefficient (Wildman–Crippen LogP) is 0.314. The van der Waals surface area contributed by atoms with Gasteiger partial charge in [0.1, 0.15) is 12.0 Å². The van der Waals surface area contributed by atoms with Crippen LogP contribution in [-0.4, -0.2) is 49.0 Å². The second-order valence-electron chi connectivity index (χ2n) is 6.42. The van der Waals surface area contributed by atoms with Crippen LogP contribution in [0.1, 0.15) is 19.3 Å². The number of nitrogens with one attached hydrogen (secondary N) is 3. The minimum Gasteiger partial charge on any atom is -0.385 e. The average Bonchev–Trinajstić information content (AvgIpc) is 3.08. The lowest BCUT2D eigenvalue weighted by molar-refractivity contribution is -0.115. The van der Waals surface area contributed by atoms with E-state index in [1.807, 2.05) is 30.4 Å². The Labute approximate surface area is 148 Å². The zero-order valence-corrected chi connectivity index (χ0v) is 14.3. The molecule has 0 saturated carbocycles. The van der Waals surface area contributed by atoms with Crippen LogP contribution in [0.25, 0.3) is 0 Å². The van der Waals surface area contributed by atoms with Crippen LogP contribution in [0.4, 0.5) is 0 Å². The van der Waals surface area contributed by atoms with E-state index in [1.54, 1.807) is 12.4 Å². The Morgan fingerprint density at radius 3 is 3.04 bits per heavy atom. The molecule has 7 heteroatoms. The van der Waals surface area contributed by atoms with Gasteiger partial charge in [0, 0.05) is 24.4 Å². The van der Waals surface area contributed by atoms with Crippen LogP contribution in [0.5, 0.6) is 0 Å². The van der Waals surface area contributed by atoms with Crippen LogP contribution in [0.3, 0.4) is 0 Å². The lowest BCUT2D eigenvalue weighted by Gasteiger charge is -2.23. The Kier molecular flexibility index (Phi) is 6.03. The maximum atomic E-state index is 12.1. The van der Waals surface area contributed by atoms with Gasteiger partial charge >= 0.3 is 0 Å². The molecule has 0 aromatic heterocycles. The van der Waals surface area contributed by atoms with Crippen LogP contribution in [0.2, 0.25) is 0 Å². The summed E-state index contributed by atoms with van der Waals surface area (Å²) in [5.41, 5.74) is 6.54. The topological polar surface area (TPSA) is 94.8 Å². The van der Waals surface area contributed by atoms with Gasteiger partial charge in [-0.3, -0.25) is 20.0 Å². The highest BCUT2D eigenvalue weighted by atomic mass is 16.1. The molecule has 25 heavy (non-hydrogen) atoms. The first-order valence-electron chi connectivity index (χ1n) is 8.79. The van der Waals surface area contributed by atoms with Gasteiger partial charge in [-0.1, -0.05) is 12.2 Å². The van der Waals surface area contributed by atoms with Crippen LogP contribution in [-0.2, 0) is 4.79 Å². The fourth-order valence-electron chi connectivity index (χ4n) is 3.10. The maximum absolute atomic E-state index is 12.1. The molecule has 7 nitrogen and oxygen atoms in total.